The first-order valence-electron chi connectivity index (χ1n) is 12.8. The predicted molar refractivity (Wildman–Crippen MR) is 149 cm³/mol. The molecule has 36 heavy (non-hydrogen) atoms. The second kappa shape index (κ2) is 11.3. The second-order valence-corrected chi connectivity index (χ2v) is 10.9. The molecule has 0 radical (unpaired) electrons. The van der Waals surface area contributed by atoms with Gasteiger partial charge in [-0.25, -0.2) is 0 Å². The molecule has 1 unspecified atom stereocenters. The Bertz CT molecular complexity index is 1310. The highest BCUT2D eigenvalue weighted by molar-refractivity contribution is 7.12. The number of thiophene rings is 1. The highest BCUT2D eigenvalue weighted by atomic mass is 32.1. The van der Waals surface area contributed by atoms with Crippen molar-refractivity contribution < 1.29 is 9.53 Å². The smallest absolute Gasteiger partial charge is 0.264 e. The lowest BCUT2D eigenvalue weighted by Crippen LogP contribution is -2.41. The third kappa shape index (κ3) is 5.80. The average molecular weight is 499 g/mol. The molecule has 1 fully saturated rings. The van der Waals surface area contributed by atoms with Gasteiger partial charge in [0, 0.05) is 32.1 Å². The van der Waals surface area contributed by atoms with E-state index in [1.807, 2.05) is 23.3 Å². The predicted octanol–water partition coefficient (Wildman–Crippen LogP) is 6.77. The molecular formula is C31H34N2O2S. The lowest BCUT2D eigenvalue weighted by molar-refractivity contribution is 0.0637. The van der Waals surface area contributed by atoms with E-state index in [2.05, 4.69) is 78.7 Å². The normalized spacial score (nSPS) is 16.0. The zero-order valence-corrected chi connectivity index (χ0v) is 22.0. The molecule has 0 N–H and O–H groups in total. The summed E-state index contributed by atoms with van der Waals surface area (Å²) in [6.45, 7) is 6.06. The molecular weight excluding hydrogens is 464 g/mol. The minimum Gasteiger partial charge on any atom is -0.493 e. The summed E-state index contributed by atoms with van der Waals surface area (Å²) >= 11 is 1.54. The van der Waals surface area contributed by atoms with Crippen LogP contribution in [0.2, 0.25) is 0 Å². The van der Waals surface area contributed by atoms with Gasteiger partial charge in [0.15, 0.2) is 0 Å². The number of rotatable bonds is 8. The molecule has 5 rings (SSSR count). The number of carbonyl (C=O) groups is 1. The summed E-state index contributed by atoms with van der Waals surface area (Å²) in [6.07, 6.45) is 2.14. The molecule has 3 aromatic carbocycles. The quantitative estimate of drug-likeness (QED) is 0.269. The van der Waals surface area contributed by atoms with E-state index in [1.54, 1.807) is 11.3 Å². The highest BCUT2D eigenvalue weighted by Crippen LogP contribution is 2.24. The summed E-state index contributed by atoms with van der Waals surface area (Å²) in [6, 6.07) is 25.6. The number of nitrogens with zero attached hydrogens (tertiary/aromatic N) is 2. The SMILES string of the molecule is Cc1ccsc1C(=O)N1CCCC(COc2ccc(CN(C)Cc3cccc4ccccc34)cc2)C1. The molecule has 1 aliphatic heterocycles. The van der Waals surface area contributed by atoms with Gasteiger partial charge in [-0.3, -0.25) is 9.69 Å². The number of piperidine rings is 1. The van der Waals surface area contributed by atoms with Gasteiger partial charge < -0.3 is 9.64 Å². The molecule has 1 aliphatic rings. The van der Waals surface area contributed by atoms with Crippen molar-refractivity contribution in [3.8, 4) is 5.75 Å². The van der Waals surface area contributed by atoms with E-state index in [4.69, 9.17) is 4.74 Å². The van der Waals surface area contributed by atoms with Gasteiger partial charge in [-0.1, -0.05) is 54.6 Å². The Kier molecular flexibility index (Phi) is 7.69. The Labute approximate surface area is 218 Å². The van der Waals surface area contributed by atoms with Gasteiger partial charge in [0.2, 0.25) is 0 Å². The maximum atomic E-state index is 12.9. The van der Waals surface area contributed by atoms with Gasteiger partial charge in [0.05, 0.1) is 11.5 Å². The van der Waals surface area contributed by atoms with Gasteiger partial charge in [0.1, 0.15) is 5.75 Å². The molecule has 5 heteroatoms. The molecule has 1 amide bonds. The van der Waals surface area contributed by atoms with Gasteiger partial charge in [0.25, 0.3) is 5.91 Å². The van der Waals surface area contributed by atoms with E-state index in [0.29, 0.717) is 12.5 Å². The lowest BCUT2D eigenvalue weighted by atomic mass is 9.98. The minimum absolute atomic E-state index is 0.171. The van der Waals surface area contributed by atoms with E-state index < -0.39 is 0 Å². The molecule has 1 atom stereocenters. The van der Waals surface area contributed by atoms with Crippen LogP contribution in [-0.4, -0.2) is 42.5 Å². The first kappa shape index (κ1) is 24.5. The van der Waals surface area contributed by atoms with Crippen LogP contribution in [0, 0.1) is 12.8 Å². The number of fused-ring (bicyclic) bond motifs is 1. The summed E-state index contributed by atoms with van der Waals surface area (Å²) in [5.74, 6) is 1.44. The summed E-state index contributed by atoms with van der Waals surface area (Å²) in [5, 5.41) is 4.61. The Hall–Kier alpha value is -3.15. The number of hydrogen-bond acceptors (Lipinski definition) is 4. The zero-order valence-electron chi connectivity index (χ0n) is 21.2. The van der Waals surface area contributed by atoms with Crippen LogP contribution in [0.3, 0.4) is 0 Å². The molecule has 0 saturated carbocycles. The van der Waals surface area contributed by atoms with Crippen molar-refractivity contribution >= 4 is 28.0 Å². The number of aryl methyl sites for hydroxylation is 1. The van der Waals surface area contributed by atoms with Crippen LogP contribution in [0.15, 0.2) is 78.2 Å². The van der Waals surface area contributed by atoms with Crippen molar-refractivity contribution in [3.63, 3.8) is 0 Å². The summed E-state index contributed by atoms with van der Waals surface area (Å²) in [4.78, 5) is 18.1. The van der Waals surface area contributed by atoms with Crippen LogP contribution >= 0.6 is 11.3 Å². The number of hydrogen-bond donors (Lipinski definition) is 0. The molecule has 1 aromatic heterocycles. The topological polar surface area (TPSA) is 32.8 Å². The van der Waals surface area contributed by atoms with Crippen LogP contribution in [0.1, 0.15) is 39.2 Å². The largest absolute Gasteiger partial charge is 0.493 e. The highest BCUT2D eigenvalue weighted by Gasteiger charge is 2.26. The van der Waals surface area contributed by atoms with E-state index in [-0.39, 0.29) is 5.91 Å². The third-order valence-corrected chi connectivity index (χ3v) is 8.05. The number of carbonyl (C=O) groups excluding carboxylic acids is 1. The molecule has 186 valence electrons. The summed E-state index contributed by atoms with van der Waals surface area (Å²) in [7, 11) is 2.17. The van der Waals surface area contributed by atoms with Crippen LogP contribution in [0.4, 0.5) is 0 Å². The summed E-state index contributed by atoms with van der Waals surface area (Å²) in [5.41, 5.74) is 3.70. The average Bonchev–Trinajstić information content (AvgIpc) is 3.34. The molecule has 2 heterocycles. The Balaban J connectivity index is 1.12. The maximum absolute atomic E-state index is 12.9. The van der Waals surface area contributed by atoms with Crippen molar-refractivity contribution in [3.05, 3.63) is 99.7 Å². The van der Waals surface area contributed by atoms with Crippen LogP contribution in [0.5, 0.6) is 5.75 Å². The van der Waals surface area contributed by atoms with Crippen LogP contribution in [0.25, 0.3) is 10.8 Å². The Morgan fingerprint density at radius 3 is 2.64 bits per heavy atom. The van der Waals surface area contributed by atoms with Gasteiger partial charge in [-0.15, -0.1) is 11.3 Å². The molecule has 0 bridgehead atoms. The Morgan fingerprint density at radius 2 is 1.83 bits per heavy atom. The van der Waals surface area contributed by atoms with E-state index in [9.17, 15) is 4.79 Å². The fraction of sp³-hybridized carbons (Fsp3) is 0.323. The van der Waals surface area contributed by atoms with E-state index in [1.165, 1.54) is 21.9 Å². The van der Waals surface area contributed by atoms with E-state index in [0.717, 1.165) is 55.2 Å². The first-order valence-corrected chi connectivity index (χ1v) is 13.6. The molecule has 4 aromatic rings. The van der Waals surface area contributed by atoms with Gasteiger partial charge >= 0.3 is 0 Å². The lowest BCUT2D eigenvalue weighted by Gasteiger charge is -2.32. The fourth-order valence-electron chi connectivity index (χ4n) is 5.11. The van der Waals surface area contributed by atoms with E-state index >= 15 is 0 Å². The third-order valence-electron chi connectivity index (χ3n) is 7.04. The fourth-order valence-corrected chi connectivity index (χ4v) is 6.01. The number of likely N-dealkylation sites (tertiary alicyclic amines) is 1. The van der Waals surface area contributed by atoms with Crippen molar-refractivity contribution in [2.75, 3.05) is 26.7 Å². The molecule has 4 nitrogen and oxygen atoms in total. The van der Waals surface area contributed by atoms with Crippen molar-refractivity contribution in [1.29, 1.82) is 0 Å². The molecule has 0 spiro atoms. The van der Waals surface area contributed by atoms with Gasteiger partial charge in [-0.05, 0) is 77.9 Å². The molecule has 1 saturated heterocycles. The van der Waals surface area contributed by atoms with Crippen molar-refractivity contribution in [1.82, 2.24) is 9.80 Å². The van der Waals surface area contributed by atoms with Crippen LogP contribution in [-0.2, 0) is 13.1 Å². The maximum Gasteiger partial charge on any atom is 0.264 e. The van der Waals surface area contributed by atoms with Gasteiger partial charge in [-0.2, -0.15) is 0 Å². The number of amides is 1. The first-order chi connectivity index (χ1) is 17.6. The molecule has 0 aliphatic carbocycles. The summed E-state index contributed by atoms with van der Waals surface area (Å²) < 4.78 is 6.14. The zero-order chi connectivity index (χ0) is 24.9. The number of ether oxygens (including phenoxy) is 1. The standard InChI is InChI=1S/C31H34N2O2S/c1-23-16-18-36-30(23)31(34)33-17-6-7-25(20-33)22-35-28-14-12-24(13-15-28)19-32(2)21-27-10-5-9-26-8-3-4-11-29(26)27/h3-5,8-16,18,25H,6-7,17,19-22H2,1-2H3. The monoisotopic (exact) mass is 498 g/mol. The van der Waals surface area contributed by atoms with Crippen molar-refractivity contribution in [2.24, 2.45) is 5.92 Å². The minimum atomic E-state index is 0.171. The number of benzene rings is 3. The van der Waals surface area contributed by atoms with Crippen LogP contribution < -0.4 is 4.74 Å². The second-order valence-electron chi connectivity index (χ2n) is 9.96. The van der Waals surface area contributed by atoms with Crippen molar-refractivity contribution in [2.45, 2.75) is 32.9 Å². The Morgan fingerprint density at radius 1 is 1.03 bits per heavy atom.